The molecule has 0 aromatic carbocycles. The Morgan fingerprint density at radius 3 is 2.40 bits per heavy atom. The fraction of sp³-hybridized carbons (Fsp3) is 0.727. The standard InChI is InChI=1S/C9H17N2OP.C2H6/c1-9(2,3)7-12-8-5-6-11(10-8)13-4;1-2/h5-6,13H,7H2,1-4H3;1-2H3. The molecule has 1 rings (SSSR count). The molecule has 0 aliphatic carbocycles. The molecule has 88 valence electrons. The van der Waals surface area contributed by atoms with Gasteiger partial charge in [0, 0.05) is 12.3 Å². The van der Waals surface area contributed by atoms with Crippen molar-refractivity contribution in [1.29, 1.82) is 0 Å². The lowest BCUT2D eigenvalue weighted by Crippen LogP contribution is -2.17. The molecular weight excluding hydrogens is 207 g/mol. The van der Waals surface area contributed by atoms with Gasteiger partial charge in [-0.25, -0.2) is 0 Å². The maximum atomic E-state index is 5.53. The van der Waals surface area contributed by atoms with E-state index < -0.39 is 0 Å². The summed E-state index contributed by atoms with van der Waals surface area (Å²) in [7, 11) is 0.668. The van der Waals surface area contributed by atoms with Crippen LogP contribution < -0.4 is 4.74 Å². The van der Waals surface area contributed by atoms with E-state index in [2.05, 4.69) is 32.5 Å². The normalized spacial score (nSPS) is 11.3. The van der Waals surface area contributed by atoms with Gasteiger partial charge < -0.3 is 4.74 Å². The third-order valence-corrected chi connectivity index (χ3v) is 2.15. The van der Waals surface area contributed by atoms with Gasteiger partial charge in [-0.2, -0.15) is 0 Å². The molecule has 0 N–H and O–H groups in total. The van der Waals surface area contributed by atoms with Crippen LogP contribution in [0, 0.1) is 5.41 Å². The van der Waals surface area contributed by atoms with E-state index >= 15 is 0 Å². The van der Waals surface area contributed by atoms with E-state index in [4.69, 9.17) is 4.74 Å². The molecular formula is C11H23N2OP. The summed E-state index contributed by atoms with van der Waals surface area (Å²) in [5.41, 5.74) is 0.193. The first kappa shape index (κ1) is 14.4. The Morgan fingerprint density at radius 2 is 2.00 bits per heavy atom. The van der Waals surface area contributed by atoms with Crippen LogP contribution in [0.25, 0.3) is 0 Å². The Labute approximate surface area is 95.0 Å². The molecule has 1 unspecified atom stereocenters. The first-order valence-electron chi connectivity index (χ1n) is 5.37. The smallest absolute Gasteiger partial charge is 0.233 e. The SMILES string of the molecule is CC.CPn1ccc(OCC(C)(C)C)n1. The van der Waals surface area contributed by atoms with Crippen LogP contribution in [-0.4, -0.2) is 22.8 Å². The van der Waals surface area contributed by atoms with Gasteiger partial charge in [0.15, 0.2) is 0 Å². The van der Waals surface area contributed by atoms with Crippen molar-refractivity contribution in [2.24, 2.45) is 5.41 Å². The number of rotatable bonds is 3. The second-order valence-corrected chi connectivity index (χ2v) is 5.08. The number of hydrogen-bond acceptors (Lipinski definition) is 2. The quantitative estimate of drug-likeness (QED) is 0.744. The van der Waals surface area contributed by atoms with Crippen LogP contribution in [0.1, 0.15) is 34.6 Å². The summed E-state index contributed by atoms with van der Waals surface area (Å²) in [6.45, 7) is 13.2. The molecule has 1 aromatic heterocycles. The highest BCUT2D eigenvalue weighted by Crippen LogP contribution is 2.17. The Balaban J connectivity index is 0.000000921. The van der Waals surface area contributed by atoms with E-state index in [0.717, 1.165) is 5.88 Å². The predicted octanol–water partition coefficient (Wildman–Crippen LogP) is 3.41. The van der Waals surface area contributed by atoms with Crippen molar-refractivity contribution in [1.82, 2.24) is 9.55 Å². The largest absolute Gasteiger partial charge is 0.476 e. The molecule has 0 aliphatic heterocycles. The topological polar surface area (TPSA) is 27.1 Å². The van der Waals surface area contributed by atoms with E-state index in [9.17, 15) is 0 Å². The average molecular weight is 230 g/mol. The van der Waals surface area contributed by atoms with Crippen molar-refractivity contribution < 1.29 is 4.74 Å². The Bertz CT molecular complexity index is 266. The Hall–Kier alpha value is -0.560. The van der Waals surface area contributed by atoms with Crippen LogP contribution in [-0.2, 0) is 0 Å². The van der Waals surface area contributed by atoms with E-state index in [0.29, 0.717) is 15.3 Å². The predicted molar refractivity (Wildman–Crippen MR) is 68.2 cm³/mol. The van der Waals surface area contributed by atoms with Gasteiger partial charge >= 0.3 is 0 Å². The van der Waals surface area contributed by atoms with Crippen LogP contribution in [0.3, 0.4) is 0 Å². The molecule has 0 saturated carbocycles. The van der Waals surface area contributed by atoms with Gasteiger partial charge in [0.2, 0.25) is 5.88 Å². The van der Waals surface area contributed by atoms with Crippen LogP contribution in [0.2, 0.25) is 0 Å². The third kappa shape index (κ3) is 6.51. The summed E-state index contributed by atoms with van der Waals surface area (Å²) in [6, 6.07) is 1.90. The first-order valence-corrected chi connectivity index (χ1v) is 6.82. The Morgan fingerprint density at radius 1 is 1.40 bits per heavy atom. The molecule has 15 heavy (non-hydrogen) atoms. The van der Waals surface area contributed by atoms with Crippen LogP contribution in [0.5, 0.6) is 5.88 Å². The molecule has 0 spiro atoms. The first-order chi connectivity index (χ1) is 7.01. The Kier molecular flexibility index (Phi) is 6.58. The van der Waals surface area contributed by atoms with Crippen LogP contribution in [0.4, 0.5) is 0 Å². The molecule has 1 aromatic rings. The molecule has 4 heteroatoms. The highest BCUT2D eigenvalue weighted by Gasteiger charge is 2.11. The van der Waals surface area contributed by atoms with Gasteiger partial charge in [-0.05, 0) is 20.8 Å². The van der Waals surface area contributed by atoms with E-state index in [1.54, 1.807) is 0 Å². The van der Waals surface area contributed by atoms with Crippen LogP contribution in [0.15, 0.2) is 12.3 Å². The summed E-state index contributed by atoms with van der Waals surface area (Å²) >= 11 is 0. The average Bonchev–Trinajstić information content (AvgIpc) is 2.64. The van der Waals surface area contributed by atoms with Crippen LogP contribution >= 0.6 is 8.73 Å². The molecule has 0 amide bonds. The van der Waals surface area contributed by atoms with Gasteiger partial charge in [0.1, 0.15) is 0 Å². The zero-order valence-electron chi connectivity index (χ0n) is 10.7. The zero-order chi connectivity index (χ0) is 11.9. The van der Waals surface area contributed by atoms with E-state index in [-0.39, 0.29) is 5.41 Å². The van der Waals surface area contributed by atoms with Gasteiger partial charge in [0.05, 0.1) is 6.61 Å². The molecule has 0 radical (unpaired) electrons. The molecule has 3 nitrogen and oxygen atoms in total. The minimum Gasteiger partial charge on any atom is -0.476 e. The summed E-state index contributed by atoms with van der Waals surface area (Å²) in [6.07, 6.45) is 1.94. The maximum Gasteiger partial charge on any atom is 0.233 e. The summed E-state index contributed by atoms with van der Waals surface area (Å²) in [4.78, 5) is 0. The van der Waals surface area contributed by atoms with Crippen molar-refractivity contribution in [3.8, 4) is 5.88 Å². The van der Waals surface area contributed by atoms with Gasteiger partial charge in [-0.1, -0.05) is 34.6 Å². The monoisotopic (exact) mass is 230 g/mol. The number of nitrogens with zero attached hydrogens (tertiary/aromatic N) is 2. The van der Waals surface area contributed by atoms with Gasteiger partial charge in [-0.15, -0.1) is 5.10 Å². The molecule has 0 aliphatic rings. The van der Waals surface area contributed by atoms with Crippen molar-refractivity contribution in [2.75, 3.05) is 13.3 Å². The summed E-state index contributed by atoms with van der Waals surface area (Å²) < 4.78 is 7.41. The minimum absolute atomic E-state index is 0.193. The minimum atomic E-state index is 0.193. The number of ether oxygens (including phenoxy) is 1. The fourth-order valence-corrected chi connectivity index (χ4v) is 1.22. The highest BCUT2D eigenvalue weighted by atomic mass is 31.1. The molecule has 1 atom stereocenters. The fourth-order valence-electron chi connectivity index (χ4n) is 0.799. The summed E-state index contributed by atoms with van der Waals surface area (Å²) in [5, 5.41) is 4.24. The van der Waals surface area contributed by atoms with Gasteiger partial charge in [-0.3, -0.25) is 4.45 Å². The molecule has 0 bridgehead atoms. The van der Waals surface area contributed by atoms with E-state index in [1.807, 2.05) is 30.6 Å². The molecule has 0 fully saturated rings. The third-order valence-electron chi connectivity index (χ3n) is 1.45. The van der Waals surface area contributed by atoms with Crippen molar-refractivity contribution in [3.05, 3.63) is 12.3 Å². The van der Waals surface area contributed by atoms with Gasteiger partial charge in [0.25, 0.3) is 0 Å². The number of hydrogen-bond donors (Lipinski definition) is 0. The lowest BCUT2D eigenvalue weighted by Gasteiger charge is -2.17. The molecule has 1 heterocycles. The zero-order valence-corrected chi connectivity index (χ0v) is 11.7. The number of aromatic nitrogens is 2. The lowest BCUT2D eigenvalue weighted by atomic mass is 9.99. The van der Waals surface area contributed by atoms with Crippen molar-refractivity contribution in [2.45, 2.75) is 34.6 Å². The van der Waals surface area contributed by atoms with E-state index in [1.165, 1.54) is 0 Å². The second-order valence-electron chi connectivity index (χ2n) is 4.17. The lowest BCUT2D eigenvalue weighted by molar-refractivity contribution is 0.191. The second kappa shape index (κ2) is 6.84. The highest BCUT2D eigenvalue weighted by molar-refractivity contribution is 7.35. The van der Waals surface area contributed by atoms with Crippen molar-refractivity contribution in [3.63, 3.8) is 0 Å². The van der Waals surface area contributed by atoms with Crippen molar-refractivity contribution >= 4 is 8.73 Å². The maximum absolute atomic E-state index is 5.53. The summed E-state index contributed by atoms with van der Waals surface area (Å²) in [5.74, 6) is 0.726. The molecule has 0 saturated heterocycles.